The Morgan fingerprint density at radius 2 is 1.83 bits per heavy atom. The van der Waals surface area contributed by atoms with Crippen LogP contribution >= 0.6 is 0 Å². The van der Waals surface area contributed by atoms with Crippen molar-refractivity contribution >= 4 is 8.07 Å². The van der Waals surface area contributed by atoms with Crippen molar-refractivity contribution in [3.8, 4) is 0 Å². The second-order valence-corrected chi connectivity index (χ2v) is 10.7. The van der Waals surface area contributed by atoms with Gasteiger partial charge in [-0.3, -0.25) is 0 Å². The highest BCUT2D eigenvalue weighted by Crippen LogP contribution is 2.38. The van der Waals surface area contributed by atoms with Crippen LogP contribution in [0.4, 0.5) is 0 Å². The van der Waals surface area contributed by atoms with Gasteiger partial charge in [-0.2, -0.15) is 0 Å². The molecule has 0 aliphatic heterocycles. The molecule has 0 aromatic carbocycles. The van der Waals surface area contributed by atoms with Crippen LogP contribution in [0, 0.1) is 0 Å². The van der Waals surface area contributed by atoms with E-state index < -0.39 is 8.07 Å². The fourth-order valence-corrected chi connectivity index (χ4v) is 2.15. The summed E-state index contributed by atoms with van der Waals surface area (Å²) in [5, 5.41) is 0.470. The van der Waals surface area contributed by atoms with Gasteiger partial charge >= 0.3 is 0 Å². The van der Waals surface area contributed by atoms with Crippen LogP contribution in [0.5, 0.6) is 0 Å². The van der Waals surface area contributed by atoms with Crippen molar-refractivity contribution in [1.29, 1.82) is 0 Å². The average Bonchev–Trinajstić information content (AvgIpc) is 1.85. The Kier molecular flexibility index (Phi) is 4.04. The molecule has 0 atom stereocenters. The Morgan fingerprint density at radius 1 is 1.33 bits per heavy atom. The summed E-state index contributed by atoms with van der Waals surface area (Å²) in [4.78, 5) is 0. The Balaban J connectivity index is 3.95. The fraction of sp³-hybridized carbons (Fsp3) is 0.800. The Bertz CT molecular complexity index is 144. The first-order valence-corrected chi connectivity index (χ1v) is 7.74. The monoisotopic (exact) mass is 186 g/mol. The van der Waals surface area contributed by atoms with Crippen LogP contribution < -0.4 is 0 Å². The van der Waals surface area contributed by atoms with Gasteiger partial charge in [0.1, 0.15) is 0 Å². The van der Waals surface area contributed by atoms with E-state index in [9.17, 15) is 0 Å². The van der Waals surface area contributed by atoms with Crippen molar-refractivity contribution in [2.24, 2.45) is 0 Å². The van der Waals surface area contributed by atoms with Crippen LogP contribution in [0.25, 0.3) is 0 Å². The van der Waals surface area contributed by atoms with Gasteiger partial charge in [0.05, 0.1) is 20.9 Å². The van der Waals surface area contributed by atoms with Crippen LogP contribution in [-0.4, -0.2) is 14.7 Å². The summed E-state index contributed by atoms with van der Waals surface area (Å²) in [6.07, 6.45) is 1.53. The SMILES string of the molecule is C=COCC[Si](C)(C)C(C)(C)C. The topological polar surface area (TPSA) is 9.23 Å². The van der Waals surface area contributed by atoms with E-state index in [2.05, 4.69) is 40.4 Å². The summed E-state index contributed by atoms with van der Waals surface area (Å²) in [6.45, 7) is 16.2. The van der Waals surface area contributed by atoms with Gasteiger partial charge in [-0.15, -0.1) is 0 Å². The van der Waals surface area contributed by atoms with Crippen molar-refractivity contribution < 1.29 is 4.74 Å². The zero-order chi connectivity index (χ0) is 9.83. The molecule has 0 rings (SSSR count). The van der Waals surface area contributed by atoms with E-state index in [0.717, 1.165) is 6.61 Å². The third kappa shape index (κ3) is 3.44. The maximum atomic E-state index is 5.16. The third-order valence-corrected chi connectivity index (χ3v) is 8.51. The van der Waals surface area contributed by atoms with Crippen LogP contribution in [-0.2, 0) is 4.74 Å². The molecule has 0 aromatic rings. The second kappa shape index (κ2) is 4.12. The van der Waals surface area contributed by atoms with Crippen LogP contribution in [0.3, 0.4) is 0 Å². The van der Waals surface area contributed by atoms with Crippen LogP contribution in [0.15, 0.2) is 12.8 Å². The average molecular weight is 186 g/mol. The quantitative estimate of drug-likeness (QED) is 0.370. The standard InChI is InChI=1S/C10H22OSi/c1-7-11-8-9-12(5,6)10(2,3)4/h7H,1,8-9H2,2-6H3. The van der Waals surface area contributed by atoms with Crippen molar-refractivity contribution in [1.82, 2.24) is 0 Å². The van der Waals surface area contributed by atoms with Crippen LogP contribution in [0.1, 0.15) is 20.8 Å². The van der Waals surface area contributed by atoms with E-state index in [0.29, 0.717) is 5.04 Å². The molecule has 12 heavy (non-hydrogen) atoms. The minimum Gasteiger partial charge on any atom is -0.502 e. The fourth-order valence-electron chi connectivity index (χ4n) is 0.772. The summed E-state index contributed by atoms with van der Waals surface area (Å²) >= 11 is 0. The highest BCUT2D eigenvalue weighted by molar-refractivity contribution is 6.80. The van der Waals surface area contributed by atoms with Crippen molar-refractivity contribution in [2.75, 3.05) is 6.61 Å². The molecule has 0 amide bonds. The van der Waals surface area contributed by atoms with E-state index in [1.165, 1.54) is 12.3 Å². The van der Waals surface area contributed by atoms with Crippen molar-refractivity contribution in [3.63, 3.8) is 0 Å². The lowest BCUT2D eigenvalue weighted by molar-refractivity contribution is 0.268. The predicted molar refractivity (Wildman–Crippen MR) is 58.2 cm³/mol. The van der Waals surface area contributed by atoms with Gasteiger partial charge < -0.3 is 4.74 Å². The first-order valence-electron chi connectivity index (χ1n) is 4.54. The third-order valence-electron chi connectivity index (χ3n) is 2.99. The summed E-state index contributed by atoms with van der Waals surface area (Å²) in [6, 6.07) is 1.21. The lowest BCUT2D eigenvalue weighted by Crippen LogP contribution is -2.37. The zero-order valence-corrected chi connectivity index (χ0v) is 10.1. The molecule has 2 heteroatoms. The Morgan fingerprint density at radius 3 is 2.17 bits per heavy atom. The van der Waals surface area contributed by atoms with Gasteiger partial charge in [0.2, 0.25) is 0 Å². The summed E-state index contributed by atoms with van der Waals surface area (Å²) < 4.78 is 5.16. The normalized spacial score (nSPS) is 12.8. The molecule has 0 saturated heterocycles. The highest BCUT2D eigenvalue weighted by atomic mass is 28.3. The molecule has 0 saturated carbocycles. The van der Waals surface area contributed by atoms with E-state index in [-0.39, 0.29) is 0 Å². The molecule has 1 nitrogen and oxygen atoms in total. The highest BCUT2D eigenvalue weighted by Gasteiger charge is 2.34. The number of hydrogen-bond donors (Lipinski definition) is 0. The first kappa shape index (κ1) is 11.8. The van der Waals surface area contributed by atoms with E-state index in [1.807, 2.05) is 0 Å². The molecule has 0 radical (unpaired) electrons. The van der Waals surface area contributed by atoms with Crippen molar-refractivity contribution in [3.05, 3.63) is 12.8 Å². The van der Waals surface area contributed by atoms with Gasteiger partial charge in [-0.25, -0.2) is 0 Å². The van der Waals surface area contributed by atoms with Gasteiger partial charge in [-0.05, 0) is 11.1 Å². The number of rotatable bonds is 4. The zero-order valence-electron chi connectivity index (χ0n) is 9.11. The second-order valence-electron chi connectivity index (χ2n) is 4.92. The van der Waals surface area contributed by atoms with E-state index in [1.54, 1.807) is 0 Å². The molecule has 0 aromatic heterocycles. The maximum absolute atomic E-state index is 5.16. The van der Waals surface area contributed by atoms with Crippen LogP contribution in [0.2, 0.25) is 24.2 Å². The molecule has 0 fully saturated rings. The molecule has 0 aliphatic carbocycles. The smallest absolute Gasteiger partial charge is 0.0849 e. The Labute approximate surface area is 77.8 Å². The summed E-state index contributed by atoms with van der Waals surface area (Å²) in [5.41, 5.74) is 0. The van der Waals surface area contributed by atoms with Gasteiger partial charge in [0, 0.05) is 0 Å². The lowest BCUT2D eigenvalue weighted by atomic mass is 10.2. The lowest BCUT2D eigenvalue weighted by Gasteiger charge is -2.36. The van der Waals surface area contributed by atoms with Gasteiger partial charge in [0.25, 0.3) is 0 Å². The minimum absolute atomic E-state index is 0.470. The molecule has 0 unspecified atom stereocenters. The molecular weight excluding hydrogens is 164 g/mol. The largest absolute Gasteiger partial charge is 0.502 e. The number of ether oxygens (including phenoxy) is 1. The molecule has 0 bridgehead atoms. The minimum atomic E-state index is -1.11. The molecular formula is C10H22OSi. The molecule has 0 aliphatic rings. The predicted octanol–water partition coefficient (Wildman–Crippen LogP) is 3.66. The van der Waals surface area contributed by atoms with Gasteiger partial charge in [0.15, 0.2) is 0 Å². The molecule has 72 valence electrons. The van der Waals surface area contributed by atoms with Crippen molar-refractivity contribution in [2.45, 2.75) is 44.9 Å². The number of hydrogen-bond acceptors (Lipinski definition) is 1. The molecule has 0 heterocycles. The maximum Gasteiger partial charge on any atom is 0.0849 e. The Hall–Kier alpha value is -0.243. The molecule has 0 N–H and O–H groups in total. The van der Waals surface area contributed by atoms with Gasteiger partial charge in [-0.1, -0.05) is 40.4 Å². The first-order chi connectivity index (χ1) is 5.31. The molecule has 0 spiro atoms. The van der Waals surface area contributed by atoms with E-state index >= 15 is 0 Å². The van der Waals surface area contributed by atoms with E-state index in [4.69, 9.17) is 4.74 Å². The summed E-state index contributed by atoms with van der Waals surface area (Å²) in [7, 11) is -1.11. The summed E-state index contributed by atoms with van der Waals surface area (Å²) in [5.74, 6) is 0.